The van der Waals surface area contributed by atoms with Crippen molar-refractivity contribution < 1.29 is 9.21 Å². The van der Waals surface area contributed by atoms with Crippen molar-refractivity contribution in [1.82, 2.24) is 19.9 Å². The molecule has 0 aromatic carbocycles. The van der Waals surface area contributed by atoms with Gasteiger partial charge in [-0.2, -0.15) is 4.52 Å². The summed E-state index contributed by atoms with van der Waals surface area (Å²) in [6, 6.07) is 3.73. The van der Waals surface area contributed by atoms with E-state index in [1.165, 1.54) is 22.0 Å². The van der Waals surface area contributed by atoms with Crippen LogP contribution in [0.3, 0.4) is 0 Å². The van der Waals surface area contributed by atoms with Gasteiger partial charge in [-0.15, -0.1) is 5.10 Å². The standard InChI is InChI=1S/C17H19N5O3S/c23-14(18-7-3-5-12-6-4-10-25-12)13-11-19-16-22(15(13)24)20-17(26-16)21-8-1-2-9-21/h4,6,10-11H,1-3,5,7-9H2,(H,18,23). The minimum Gasteiger partial charge on any atom is -0.469 e. The van der Waals surface area contributed by atoms with Crippen molar-refractivity contribution in [3.05, 3.63) is 46.3 Å². The molecule has 26 heavy (non-hydrogen) atoms. The van der Waals surface area contributed by atoms with Crippen LogP contribution in [0.1, 0.15) is 35.4 Å². The van der Waals surface area contributed by atoms with Gasteiger partial charge in [0.25, 0.3) is 11.5 Å². The zero-order valence-electron chi connectivity index (χ0n) is 14.2. The van der Waals surface area contributed by atoms with Crippen molar-refractivity contribution in [3.63, 3.8) is 0 Å². The van der Waals surface area contributed by atoms with Crippen molar-refractivity contribution in [2.24, 2.45) is 0 Å². The number of hydrogen-bond donors (Lipinski definition) is 1. The minimum atomic E-state index is -0.430. The number of anilines is 1. The SMILES string of the molecule is O=C(NCCCc1ccco1)c1cnc2sc(N3CCCC3)nn2c1=O. The maximum absolute atomic E-state index is 12.6. The van der Waals surface area contributed by atoms with Crippen LogP contribution >= 0.6 is 11.3 Å². The molecule has 1 N–H and O–H groups in total. The molecule has 4 heterocycles. The molecule has 1 saturated heterocycles. The van der Waals surface area contributed by atoms with Crippen LogP contribution in [0.15, 0.2) is 33.8 Å². The molecule has 9 heteroatoms. The van der Waals surface area contributed by atoms with E-state index >= 15 is 0 Å². The zero-order chi connectivity index (χ0) is 17.9. The minimum absolute atomic E-state index is 0.0128. The Morgan fingerprint density at radius 1 is 1.35 bits per heavy atom. The predicted octanol–water partition coefficient (Wildman–Crippen LogP) is 1.71. The Kier molecular flexibility index (Phi) is 4.70. The number of carbonyl (C=O) groups is 1. The molecule has 0 unspecified atom stereocenters. The molecule has 4 rings (SSSR count). The van der Waals surface area contributed by atoms with Gasteiger partial charge in [-0.25, -0.2) is 4.98 Å². The van der Waals surface area contributed by atoms with Gasteiger partial charge in [-0.3, -0.25) is 9.59 Å². The monoisotopic (exact) mass is 373 g/mol. The summed E-state index contributed by atoms with van der Waals surface area (Å²) in [5.74, 6) is 0.450. The van der Waals surface area contributed by atoms with Crippen LogP contribution in [0.5, 0.6) is 0 Å². The van der Waals surface area contributed by atoms with Gasteiger partial charge >= 0.3 is 0 Å². The van der Waals surface area contributed by atoms with Gasteiger partial charge < -0.3 is 14.6 Å². The molecule has 0 spiro atoms. The van der Waals surface area contributed by atoms with E-state index in [9.17, 15) is 9.59 Å². The largest absolute Gasteiger partial charge is 0.469 e. The highest BCUT2D eigenvalue weighted by Crippen LogP contribution is 2.24. The number of furan rings is 1. The number of rotatable bonds is 6. The Morgan fingerprint density at radius 3 is 2.96 bits per heavy atom. The van der Waals surface area contributed by atoms with Crippen molar-refractivity contribution in [3.8, 4) is 0 Å². The molecule has 0 aliphatic carbocycles. The molecule has 136 valence electrons. The number of hydrogen-bond acceptors (Lipinski definition) is 7. The first-order valence-electron chi connectivity index (χ1n) is 8.67. The summed E-state index contributed by atoms with van der Waals surface area (Å²) in [6.45, 7) is 2.34. The molecule has 0 atom stereocenters. The second-order valence-corrected chi connectivity index (χ2v) is 7.12. The predicted molar refractivity (Wildman–Crippen MR) is 97.9 cm³/mol. The number of aromatic nitrogens is 3. The van der Waals surface area contributed by atoms with Gasteiger partial charge in [0.2, 0.25) is 10.1 Å². The quantitative estimate of drug-likeness (QED) is 0.661. The Labute approximate surface area is 153 Å². The molecule has 0 bridgehead atoms. The number of nitrogens with zero attached hydrogens (tertiary/aromatic N) is 4. The van der Waals surface area contributed by atoms with E-state index in [-0.39, 0.29) is 5.56 Å². The smallest absolute Gasteiger partial charge is 0.288 e. The third kappa shape index (κ3) is 3.34. The Hall–Kier alpha value is -2.68. The van der Waals surface area contributed by atoms with Gasteiger partial charge in [0.15, 0.2) is 0 Å². The molecule has 0 radical (unpaired) electrons. The summed E-state index contributed by atoms with van der Waals surface area (Å²) in [4.78, 5) is 31.8. The second kappa shape index (κ2) is 7.28. The summed E-state index contributed by atoms with van der Waals surface area (Å²) in [5.41, 5.74) is -0.418. The van der Waals surface area contributed by atoms with Crippen LogP contribution in [0.25, 0.3) is 4.96 Å². The topological polar surface area (TPSA) is 92.7 Å². The van der Waals surface area contributed by atoms with Crippen LogP contribution in [0.2, 0.25) is 0 Å². The fourth-order valence-electron chi connectivity index (χ4n) is 2.98. The summed E-state index contributed by atoms with van der Waals surface area (Å²) in [6.07, 6.45) is 6.68. The molecular weight excluding hydrogens is 354 g/mol. The Morgan fingerprint density at radius 2 is 2.19 bits per heavy atom. The lowest BCUT2D eigenvalue weighted by Crippen LogP contribution is -2.32. The van der Waals surface area contributed by atoms with Crippen LogP contribution < -0.4 is 15.8 Å². The first-order chi connectivity index (χ1) is 12.7. The third-order valence-electron chi connectivity index (χ3n) is 4.36. The molecule has 1 aliphatic rings. The molecule has 3 aromatic rings. The van der Waals surface area contributed by atoms with Gasteiger partial charge in [0, 0.05) is 32.3 Å². The molecule has 1 aliphatic heterocycles. The fraction of sp³-hybridized carbons (Fsp3) is 0.412. The lowest BCUT2D eigenvalue weighted by Gasteiger charge is -2.10. The van der Waals surface area contributed by atoms with Gasteiger partial charge in [0.05, 0.1) is 6.26 Å². The fourth-order valence-corrected chi connectivity index (χ4v) is 3.90. The summed E-state index contributed by atoms with van der Waals surface area (Å²) >= 11 is 1.37. The van der Waals surface area contributed by atoms with Gasteiger partial charge in [-0.1, -0.05) is 11.3 Å². The highest BCUT2D eigenvalue weighted by atomic mass is 32.1. The van der Waals surface area contributed by atoms with E-state index in [1.807, 2.05) is 12.1 Å². The molecule has 1 amide bonds. The number of aryl methyl sites for hydroxylation is 1. The van der Waals surface area contributed by atoms with Gasteiger partial charge in [0.1, 0.15) is 11.3 Å². The van der Waals surface area contributed by atoms with Crippen molar-refractivity contribution in [2.75, 3.05) is 24.5 Å². The van der Waals surface area contributed by atoms with E-state index in [0.717, 1.165) is 49.7 Å². The molecule has 1 fully saturated rings. The highest BCUT2D eigenvalue weighted by molar-refractivity contribution is 7.20. The second-order valence-electron chi connectivity index (χ2n) is 6.19. The van der Waals surface area contributed by atoms with E-state index in [2.05, 4.69) is 20.3 Å². The first-order valence-corrected chi connectivity index (χ1v) is 9.48. The average molecular weight is 373 g/mol. The number of carbonyl (C=O) groups excluding carboxylic acids is 1. The van der Waals surface area contributed by atoms with E-state index in [4.69, 9.17) is 4.42 Å². The summed E-state index contributed by atoms with van der Waals surface area (Å²) in [7, 11) is 0. The van der Waals surface area contributed by atoms with Crippen LogP contribution in [0.4, 0.5) is 5.13 Å². The van der Waals surface area contributed by atoms with Gasteiger partial charge in [-0.05, 0) is 31.4 Å². The van der Waals surface area contributed by atoms with Crippen molar-refractivity contribution >= 4 is 27.3 Å². The third-order valence-corrected chi connectivity index (χ3v) is 5.35. The number of nitrogens with one attached hydrogen (secondary N) is 1. The van der Waals surface area contributed by atoms with Crippen LogP contribution in [-0.2, 0) is 6.42 Å². The molecule has 8 nitrogen and oxygen atoms in total. The molecule has 3 aromatic heterocycles. The van der Waals surface area contributed by atoms with Crippen molar-refractivity contribution in [2.45, 2.75) is 25.7 Å². The lowest BCUT2D eigenvalue weighted by molar-refractivity contribution is 0.0951. The maximum atomic E-state index is 12.6. The number of fused-ring (bicyclic) bond motifs is 1. The molecular formula is C17H19N5O3S. The normalized spacial score (nSPS) is 14.2. The van der Waals surface area contributed by atoms with E-state index in [0.29, 0.717) is 11.5 Å². The lowest BCUT2D eigenvalue weighted by atomic mass is 10.2. The van der Waals surface area contributed by atoms with Crippen molar-refractivity contribution in [1.29, 1.82) is 0 Å². The van der Waals surface area contributed by atoms with E-state index < -0.39 is 11.5 Å². The molecule has 0 saturated carbocycles. The Balaban J connectivity index is 1.44. The van der Waals surface area contributed by atoms with Crippen LogP contribution in [-0.4, -0.2) is 40.1 Å². The van der Waals surface area contributed by atoms with Crippen LogP contribution in [0, 0.1) is 0 Å². The van der Waals surface area contributed by atoms with E-state index in [1.54, 1.807) is 6.26 Å². The first kappa shape index (κ1) is 16.8. The summed E-state index contributed by atoms with van der Waals surface area (Å²) in [5, 5.41) is 7.90. The number of amides is 1. The highest BCUT2D eigenvalue weighted by Gasteiger charge is 2.20. The maximum Gasteiger partial charge on any atom is 0.288 e. The summed E-state index contributed by atoms with van der Waals surface area (Å²) < 4.78 is 6.48. The average Bonchev–Trinajstić information content (AvgIpc) is 3.39. The zero-order valence-corrected chi connectivity index (χ0v) is 15.0. The Bertz CT molecular complexity index is 957.